The van der Waals surface area contributed by atoms with Crippen LogP contribution < -0.4 is 10.1 Å². The van der Waals surface area contributed by atoms with Crippen molar-refractivity contribution in [3.63, 3.8) is 0 Å². The fraction of sp³-hybridized carbons (Fsp3) is 0.667. The smallest absolute Gasteiger partial charge is 0.417 e. The number of hydrogen-bond acceptors (Lipinski definition) is 5. The van der Waals surface area contributed by atoms with E-state index in [4.69, 9.17) is 25.8 Å². The Labute approximate surface area is 196 Å². The average molecular weight is 567 g/mol. The second-order valence-corrected chi connectivity index (χ2v) is 6.91. The molecular formula is C18H27ClF3IN4O3. The van der Waals surface area contributed by atoms with E-state index in [-0.39, 0.29) is 41.5 Å². The van der Waals surface area contributed by atoms with Crippen LogP contribution in [0.2, 0.25) is 5.02 Å². The van der Waals surface area contributed by atoms with E-state index in [9.17, 15) is 13.2 Å². The first kappa shape index (κ1) is 27.0. The van der Waals surface area contributed by atoms with Crippen molar-refractivity contribution < 1.29 is 27.4 Å². The number of likely N-dealkylation sites (tertiary alicyclic amines) is 1. The van der Waals surface area contributed by atoms with Crippen LogP contribution in [0.3, 0.4) is 0 Å². The zero-order valence-electron chi connectivity index (χ0n) is 16.9. The minimum Gasteiger partial charge on any atom is -0.475 e. The van der Waals surface area contributed by atoms with Crippen LogP contribution in [-0.4, -0.2) is 76.1 Å². The zero-order chi connectivity index (χ0) is 21.3. The summed E-state index contributed by atoms with van der Waals surface area (Å²) in [6.45, 7) is 4.12. The monoisotopic (exact) mass is 566 g/mol. The molecule has 172 valence electrons. The van der Waals surface area contributed by atoms with Gasteiger partial charge in [0.05, 0.1) is 31.9 Å². The van der Waals surface area contributed by atoms with Crippen molar-refractivity contribution in [1.29, 1.82) is 0 Å². The Hall–Kier alpha value is -1.05. The van der Waals surface area contributed by atoms with Crippen LogP contribution in [0.15, 0.2) is 17.3 Å². The van der Waals surface area contributed by atoms with Crippen LogP contribution in [0.5, 0.6) is 5.88 Å². The van der Waals surface area contributed by atoms with E-state index in [0.717, 1.165) is 31.5 Å². The molecule has 0 aromatic carbocycles. The van der Waals surface area contributed by atoms with Gasteiger partial charge in [-0.05, 0) is 12.5 Å². The number of methoxy groups -OCH3 is 1. The van der Waals surface area contributed by atoms with Crippen molar-refractivity contribution in [2.24, 2.45) is 10.9 Å². The Morgan fingerprint density at radius 2 is 2.13 bits per heavy atom. The summed E-state index contributed by atoms with van der Waals surface area (Å²) in [4.78, 5) is 10.0. The molecule has 1 N–H and O–H groups in total. The van der Waals surface area contributed by atoms with E-state index in [1.165, 1.54) is 0 Å². The van der Waals surface area contributed by atoms with Crippen LogP contribution in [0.4, 0.5) is 13.2 Å². The number of aromatic nitrogens is 1. The predicted molar refractivity (Wildman–Crippen MR) is 119 cm³/mol. The number of nitrogens with zero attached hydrogens (tertiary/aromatic N) is 3. The van der Waals surface area contributed by atoms with Crippen molar-refractivity contribution in [3.05, 3.63) is 22.8 Å². The number of guanidine groups is 1. The highest BCUT2D eigenvalue weighted by Crippen LogP contribution is 2.33. The highest BCUT2D eigenvalue weighted by molar-refractivity contribution is 14.0. The second-order valence-electron chi connectivity index (χ2n) is 6.50. The summed E-state index contributed by atoms with van der Waals surface area (Å²) in [5.41, 5.74) is -0.914. The zero-order valence-corrected chi connectivity index (χ0v) is 20.0. The molecule has 0 amide bonds. The normalized spacial score (nSPS) is 17.1. The molecule has 30 heavy (non-hydrogen) atoms. The molecule has 0 spiro atoms. The van der Waals surface area contributed by atoms with Crippen molar-refractivity contribution >= 4 is 41.5 Å². The van der Waals surface area contributed by atoms with Gasteiger partial charge in [-0.25, -0.2) is 4.98 Å². The van der Waals surface area contributed by atoms with E-state index in [2.05, 4.69) is 20.2 Å². The molecule has 0 bridgehead atoms. The van der Waals surface area contributed by atoms with Gasteiger partial charge in [0.25, 0.3) is 0 Å². The van der Waals surface area contributed by atoms with Crippen molar-refractivity contribution in [1.82, 2.24) is 15.2 Å². The van der Waals surface area contributed by atoms with E-state index < -0.39 is 11.7 Å². The maximum atomic E-state index is 12.6. The van der Waals surface area contributed by atoms with Gasteiger partial charge in [0.2, 0.25) is 5.88 Å². The minimum absolute atomic E-state index is 0. The number of alkyl halides is 3. The fourth-order valence-electron chi connectivity index (χ4n) is 2.88. The first-order valence-electron chi connectivity index (χ1n) is 9.23. The molecule has 1 atom stereocenters. The molecule has 1 unspecified atom stereocenters. The first-order valence-corrected chi connectivity index (χ1v) is 9.60. The summed E-state index contributed by atoms with van der Waals surface area (Å²) < 4.78 is 53.8. The van der Waals surface area contributed by atoms with Gasteiger partial charge in [0.15, 0.2) is 5.96 Å². The first-order chi connectivity index (χ1) is 13.8. The molecule has 7 nitrogen and oxygen atoms in total. The summed E-state index contributed by atoms with van der Waals surface area (Å²) in [5.74, 6) is 1.13. The lowest BCUT2D eigenvalue weighted by Crippen LogP contribution is -2.41. The lowest BCUT2D eigenvalue weighted by molar-refractivity contribution is -0.137. The Bertz CT molecular complexity index is 683. The van der Waals surface area contributed by atoms with Gasteiger partial charge < -0.3 is 24.4 Å². The molecule has 1 aliphatic heterocycles. The van der Waals surface area contributed by atoms with Gasteiger partial charge in [-0.2, -0.15) is 13.2 Å². The average Bonchev–Trinajstić information content (AvgIpc) is 3.14. The summed E-state index contributed by atoms with van der Waals surface area (Å²) in [5, 5.41) is 2.99. The van der Waals surface area contributed by atoms with E-state index >= 15 is 0 Å². The van der Waals surface area contributed by atoms with Gasteiger partial charge in [-0.1, -0.05) is 11.6 Å². The number of aliphatic imine (C=N–C) groups is 1. The Kier molecular flexibility index (Phi) is 12.0. The van der Waals surface area contributed by atoms with Crippen molar-refractivity contribution in [2.75, 3.05) is 60.2 Å². The van der Waals surface area contributed by atoms with Gasteiger partial charge in [-0.3, -0.25) is 4.99 Å². The lowest BCUT2D eigenvalue weighted by atomic mass is 10.1. The Balaban J connectivity index is 0.00000450. The van der Waals surface area contributed by atoms with Gasteiger partial charge in [-0.15, -0.1) is 24.0 Å². The predicted octanol–water partition coefficient (Wildman–Crippen LogP) is 3.31. The van der Waals surface area contributed by atoms with E-state index in [1.54, 1.807) is 14.2 Å². The Morgan fingerprint density at radius 1 is 1.37 bits per heavy atom. The molecule has 12 heteroatoms. The van der Waals surface area contributed by atoms with Crippen LogP contribution in [0.25, 0.3) is 0 Å². The standard InChI is InChI=1S/C18H26ClF3N4O3.HI/c1-23-17(26-5-3-13(11-26)12-28-8-7-27-2)24-4-6-29-16-15(19)9-14(10-25-16)18(20,21)22;/h9-10,13H,3-8,11-12H2,1-2H3,(H,23,24);1H. The second kappa shape index (κ2) is 13.4. The third-order valence-corrected chi connectivity index (χ3v) is 4.61. The largest absolute Gasteiger partial charge is 0.475 e. The molecule has 1 fully saturated rings. The summed E-state index contributed by atoms with van der Waals surface area (Å²) in [6.07, 6.45) is -2.78. The van der Waals surface area contributed by atoms with Crippen molar-refractivity contribution in [3.8, 4) is 5.88 Å². The number of ether oxygens (including phenoxy) is 3. The van der Waals surface area contributed by atoms with Crippen LogP contribution in [-0.2, 0) is 15.7 Å². The molecular weight excluding hydrogens is 540 g/mol. The van der Waals surface area contributed by atoms with Gasteiger partial charge >= 0.3 is 6.18 Å². The highest BCUT2D eigenvalue weighted by Gasteiger charge is 2.31. The molecule has 1 aromatic heterocycles. The molecule has 0 radical (unpaired) electrons. The van der Waals surface area contributed by atoms with Gasteiger partial charge in [0.1, 0.15) is 11.6 Å². The number of rotatable bonds is 9. The summed E-state index contributed by atoms with van der Waals surface area (Å²) in [6, 6.07) is 0.801. The molecule has 0 saturated carbocycles. The fourth-order valence-corrected chi connectivity index (χ4v) is 3.10. The molecule has 1 aromatic rings. The lowest BCUT2D eigenvalue weighted by Gasteiger charge is -2.21. The molecule has 2 rings (SSSR count). The molecule has 0 aliphatic carbocycles. The number of pyridine rings is 1. The molecule has 1 aliphatic rings. The highest BCUT2D eigenvalue weighted by atomic mass is 127. The van der Waals surface area contributed by atoms with Crippen LogP contribution in [0.1, 0.15) is 12.0 Å². The number of halogens is 5. The maximum absolute atomic E-state index is 12.6. The third-order valence-electron chi connectivity index (χ3n) is 4.34. The SMILES string of the molecule is CN=C(NCCOc1ncc(C(F)(F)F)cc1Cl)N1CCC(COCCOC)C1.I. The van der Waals surface area contributed by atoms with Crippen LogP contribution >= 0.6 is 35.6 Å². The number of nitrogens with one attached hydrogen (secondary N) is 1. The van der Waals surface area contributed by atoms with Crippen LogP contribution in [0, 0.1) is 5.92 Å². The number of hydrogen-bond donors (Lipinski definition) is 1. The molecule has 1 saturated heterocycles. The summed E-state index contributed by atoms with van der Waals surface area (Å²) >= 11 is 5.83. The Morgan fingerprint density at radius 3 is 2.77 bits per heavy atom. The molecule has 2 heterocycles. The maximum Gasteiger partial charge on any atom is 0.417 e. The van der Waals surface area contributed by atoms with E-state index in [1.807, 2.05) is 0 Å². The quantitative estimate of drug-likeness (QED) is 0.214. The van der Waals surface area contributed by atoms with E-state index in [0.29, 0.717) is 38.5 Å². The third kappa shape index (κ3) is 8.60. The van der Waals surface area contributed by atoms with Gasteiger partial charge in [0, 0.05) is 39.4 Å². The topological polar surface area (TPSA) is 68.2 Å². The van der Waals surface area contributed by atoms with Crippen molar-refractivity contribution in [2.45, 2.75) is 12.6 Å². The summed E-state index contributed by atoms with van der Waals surface area (Å²) in [7, 11) is 3.33. The minimum atomic E-state index is -4.49.